The molecule has 9 heteroatoms. The Balaban J connectivity index is 1.62. The first-order valence-corrected chi connectivity index (χ1v) is 9.75. The zero-order valence-corrected chi connectivity index (χ0v) is 17.9. The Morgan fingerprint density at radius 2 is 2.00 bits per heavy atom. The van der Waals surface area contributed by atoms with Crippen LogP contribution in [0.25, 0.3) is 17.4 Å². The number of carbonyl (C=O) groups is 1. The number of nitrogens with one attached hydrogen (secondary N) is 2. The van der Waals surface area contributed by atoms with Crippen LogP contribution < -0.4 is 15.4 Å². The number of hydrogen-bond acceptors (Lipinski definition) is 5. The van der Waals surface area contributed by atoms with E-state index in [4.69, 9.17) is 44.6 Å². The van der Waals surface area contributed by atoms with E-state index in [2.05, 4.69) is 10.6 Å². The van der Waals surface area contributed by atoms with Crippen LogP contribution in [0.2, 0.25) is 10.0 Å². The lowest BCUT2D eigenvalue weighted by Crippen LogP contribution is -2.32. The van der Waals surface area contributed by atoms with Crippen LogP contribution in [-0.2, 0) is 4.79 Å². The van der Waals surface area contributed by atoms with E-state index in [0.29, 0.717) is 38.6 Å². The maximum absolute atomic E-state index is 12.1. The zero-order valence-electron chi connectivity index (χ0n) is 15.6. The normalized spacial score (nSPS) is 10.8. The van der Waals surface area contributed by atoms with Crippen LogP contribution in [0.3, 0.4) is 0 Å². The number of furan rings is 1. The van der Waals surface area contributed by atoms with Crippen molar-refractivity contribution in [2.75, 3.05) is 12.4 Å². The molecule has 0 saturated heterocycles. The lowest BCUT2D eigenvalue weighted by Gasteiger charge is -2.11. The van der Waals surface area contributed by atoms with Gasteiger partial charge in [0.25, 0.3) is 0 Å². The van der Waals surface area contributed by atoms with Crippen LogP contribution in [0.5, 0.6) is 11.5 Å². The Labute approximate surface area is 188 Å². The molecule has 1 heterocycles. The van der Waals surface area contributed by atoms with Crippen molar-refractivity contribution in [1.29, 1.82) is 0 Å². The number of hydrogen-bond donors (Lipinski definition) is 3. The number of aromatic hydroxyl groups is 1. The molecule has 0 atom stereocenters. The number of phenolic OH excluding ortho intramolecular Hbond substituents is 1. The monoisotopic (exact) mass is 462 g/mol. The van der Waals surface area contributed by atoms with Gasteiger partial charge >= 0.3 is 0 Å². The summed E-state index contributed by atoms with van der Waals surface area (Å²) < 4.78 is 10.8. The smallest absolute Gasteiger partial charge is 0.250 e. The van der Waals surface area contributed by atoms with Crippen LogP contribution in [0.1, 0.15) is 5.76 Å². The van der Waals surface area contributed by atoms with E-state index >= 15 is 0 Å². The van der Waals surface area contributed by atoms with E-state index in [0.717, 1.165) is 0 Å². The van der Waals surface area contributed by atoms with Crippen LogP contribution >= 0.6 is 35.4 Å². The quantitative estimate of drug-likeness (QED) is 0.264. The van der Waals surface area contributed by atoms with Gasteiger partial charge < -0.3 is 19.6 Å². The van der Waals surface area contributed by atoms with E-state index in [9.17, 15) is 9.90 Å². The van der Waals surface area contributed by atoms with E-state index in [-0.39, 0.29) is 10.9 Å². The van der Waals surface area contributed by atoms with Crippen molar-refractivity contribution < 1.29 is 19.1 Å². The van der Waals surface area contributed by atoms with Gasteiger partial charge in [0.1, 0.15) is 23.0 Å². The van der Waals surface area contributed by atoms with Gasteiger partial charge in [-0.1, -0.05) is 29.3 Å². The van der Waals surface area contributed by atoms with Crippen molar-refractivity contribution in [1.82, 2.24) is 5.32 Å². The number of amides is 1. The minimum Gasteiger partial charge on any atom is -0.506 e. The van der Waals surface area contributed by atoms with E-state index in [1.54, 1.807) is 42.5 Å². The minimum atomic E-state index is -0.478. The molecule has 0 spiro atoms. The number of phenols is 1. The number of thiocarbonyl (C=S) groups is 1. The van der Waals surface area contributed by atoms with Gasteiger partial charge in [0.2, 0.25) is 5.91 Å². The van der Waals surface area contributed by atoms with Crippen molar-refractivity contribution in [3.63, 3.8) is 0 Å². The Morgan fingerprint density at radius 3 is 2.77 bits per heavy atom. The van der Waals surface area contributed by atoms with Gasteiger partial charge in [0.15, 0.2) is 5.11 Å². The van der Waals surface area contributed by atoms with Crippen LogP contribution in [0, 0.1) is 0 Å². The van der Waals surface area contributed by atoms with Gasteiger partial charge in [0, 0.05) is 17.7 Å². The Morgan fingerprint density at radius 1 is 1.20 bits per heavy atom. The van der Waals surface area contributed by atoms with E-state index in [1.165, 1.54) is 25.3 Å². The van der Waals surface area contributed by atoms with Crippen LogP contribution in [0.15, 0.2) is 59.0 Å². The third-order valence-electron chi connectivity index (χ3n) is 3.93. The third kappa shape index (κ3) is 5.33. The molecule has 154 valence electrons. The number of anilines is 1. The molecule has 1 amide bonds. The standard InChI is InChI=1S/C21H16Cl2N2O4S/c1-28-13-5-8-17(26)16(11-13)24-21(30)25-19(27)10-7-12-6-9-18(29-12)14-3-2-4-15(22)20(14)23/h2-11,26H,1H3,(H2,24,25,27,30)/b10-7+. The summed E-state index contributed by atoms with van der Waals surface area (Å²) in [7, 11) is 1.50. The lowest BCUT2D eigenvalue weighted by atomic mass is 10.2. The fraction of sp³-hybridized carbons (Fsp3) is 0.0476. The molecule has 3 rings (SSSR count). The predicted molar refractivity (Wildman–Crippen MR) is 122 cm³/mol. The third-order valence-corrected chi connectivity index (χ3v) is 4.95. The maximum atomic E-state index is 12.1. The Kier molecular flexibility index (Phi) is 6.99. The molecule has 3 N–H and O–H groups in total. The first kappa shape index (κ1) is 21.7. The predicted octanol–water partition coefficient (Wildman–Crippen LogP) is 5.49. The molecule has 3 aromatic rings. The summed E-state index contributed by atoms with van der Waals surface area (Å²) in [6.07, 6.45) is 2.75. The van der Waals surface area contributed by atoms with E-state index in [1.807, 2.05) is 0 Å². The first-order valence-electron chi connectivity index (χ1n) is 8.58. The molecular formula is C21H16Cl2N2O4S. The molecule has 0 aliphatic carbocycles. The molecule has 0 fully saturated rings. The number of methoxy groups -OCH3 is 1. The fourth-order valence-electron chi connectivity index (χ4n) is 2.49. The largest absolute Gasteiger partial charge is 0.506 e. The molecule has 0 bridgehead atoms. The average Bonchev–Trinajstić information content (AvgIpc) is 3.19. The summed E-state index contributed by atoms with van der Waals surface area (Å²) in [6.45, 7) is 0. The second-order valence-electron chi connectivity index (χ2n) is 5.96. The summed E-state index contributed by atoms with van der Waals surface area (Å²) in [5.41, 5.74) is 0.953. The van der Waals surface area contributed by atoms with Crippen LogP contribution in [0.4, 0.5) is 5.69 Å². The molecule has 0 saturated carbocycles. The molecule has 30 heavy (non-hydrogen) atoms. The lowest BCUT2D eigenvalue weighted by molar-refractivity contribution is -0.115. The second kappa shape index (κ2) is 9.67. The van der Waals surface area contributed by atoms with Crippen molar-refractivity contribution >= 4 is 58.2 Å². The summed E-state index contributed by atoms with van der Waals surface area (Å²) >= 11 is 17.3. The number of ether oxygens (including phenoxy) is 1. The van der Waals surface area contributed by atoms with Gasteiger partial charge in [-0.2, -0.15) is 0 Å². The minimum absolute atomic E-state index is 0.0130. The first-order chi connectivity index (χ1) is 14.4. The molecule has 0 radical (unpaired) electrons. The Bertz CT molecular complexity index is 1130. The average molecular weight is 463 g/mol. The van der Waals surface area contributed by atoms with Crippen molar-refractivity contribution in [2.24, 2.45) is 0 Å². The van der Waals surface area contributed by atoms with Crippen molar-refractivity contribution in [2.45, 2.75) is 0 Å². The highest BCUT2D eigenvalue weighted by Gasteiger charge is 2.11. The SMILES string of the molecule is COc1ccc(O)c(NC(=S)NC(=O)/C=C/c2ccc(-c3cccc(Cl)c3Cl)o2)c1. The highest BCUT2D eigenvalue weighted by molar-refractivity contribution is 7.80. The summed E-state index contributed by atoms with van der Waals surface area (Å²) in [4.78, 5) is 12.1. The van der Waals surface area contributed by atoms with Gasteiger partial charge in [-0.3, -0.25) is 10.1 Å². The molecule has 2 aromatic carbocycles. The number of carbonyl (C=O) groups excluding carboxylic acids is 1. The molecule has 0 aliphatic rings. The molecule has 0 aliphatic heterocycles. The molecule has 1 aromatic heterocycles. The molecule has 0 unspecified atom stereocenters. The van der Waals surface area contributed by atoms with Crippen molar-refractivity contribution in [3.8, 4) is 22.8 Å². The summed E-state index contributed by atoms with van der Waals surface area (Å²) in [6, 6.07) is 13.3. The van der Waals surface area contributed by atoms with Gasteiger partial charge in [-0.05, 0) is 54.7 Å². The highest BCUT2D eigenvalue weighted by Crippen LogP contribution is 2.34. The topological polar surface area (TPSA) is 83.7 Å². The van der Waals surface area contributed by atoms with Crippen LogP contribution in [-0.4, -0.2) is 23.2 Å². The van der Waals surface area contributed by atoms with Crippen molar-refractivity contribution in [3.05, 3.63) is 70.4 Å². The fourth-order valence-corrected chi connectivity index (χ4v) is 3.09. The summed E-state index contributed by atoms with van der Waals surface area (Å²) in [5, 5.41) is 15.9. The van der Waals surface area contributed by atoms with Gasteiger partial charge in [0.05, 0.1) is 22.8 Å². The highest BCUT2D eigenvalue weighted by atomic mass is 35.5. The summed E-state index contributed by atoms with van der Waals surface area (Å²) in [5.74, 6) is 0.978. The Hall–Kier alpha value is -3.00. The number of rotatable bonds is 5. The van der Waals surface area contributed by atoms with E-state index < -0.39 is 5.91 Å². The second-order valence-corrected chi connectivity index (χ2v) is 7.16. The zero-order chi connectivity index (χ0) is 21.7. The maximum Gasteiger partial charge on any atom is 0.250 e. The van der Waals surface area contributed by atoms with Gasteiger partial charge in [-0.25, -0.2) is 0 Å². The number of halogens is 2. The van der Waals surface area contributed by atoms with Gasteiger partial charge in [-0.15, -0.1) is 0 Å². The number of benzene rings is 2. The molecule has 6 nitrogen and oxygen atoms in total. The molecular weight excluding hydrogens is 447 g/mol.